The molecule has 1 aliphatic rings. The van der Waals surface area contributed by atoms with Crippen molar-refractivity contribution in [2.24, 2.45) is 5.92 Å². The Labute approximate surface area is 145 Å². The minimum absolute atomic E-state index is 0.0631. The number of anilines is 2. The van der Waals surface area contributed by atoms with Crippen molar-refractivity contribution in [3.63, 3.8) is 0 Å². The highest BCUT2D eigenvalue weighted by atomic mass is 16.3. The molecule has 0 heterocycles. The maximum absolute atomic E-state index is 12.5. The first-order valence-electron chi connectivity index (χ1n) is 8.90. The average Bonchev–Trinajstić information content (AvgIpc) is 2.60. The molecule has 5 nitrogen and oxygen atoms in total. The van der Waals surface area contributed by atoms with Gasteiger partial charge in [-0.25, -0.2) is 4.79 Å². The van der Waals surface area contributed by atoms with E-state index in [1.54, 1.807) is 0 Å². The molecule has 5 heteroatoms. The Bertz CT molecular complexity index is 539. The van der Waals surface area contributed by atoms with Crippen molar-refractivity contribution in [1.29, 1.82) is 0 Å². The predicted octanol–water partition coefficient (Wildman–Crippen LogP) is 3.55. The molecule has 2 amide bonds. The number of nitrogens with one attached hydrogen (secondary N) is 1. The Morgan fingerprint density at radius 2 is 1.92 bits per heavy atom. The van der Waals surface area contributed by atoms with Crippen molar-refractivity contribution in [3.05, 3.63) is 24.3 Å². The second-order valence-corrected chi connectivity index (χ2v) is 7.15. The van der Waals surface area contributed by atoms with Gasteiger partial charge in [-0.1, -0.05) is 6.07 Å². The van der Waals surface area contributed by atoms with Crippen LogP contribution in [-0.4, -0.2) is 48.8 Å². The van der Waals surface area contributed by atoms with E-state index in [2.05, 4.69) is 37.2 Å². The van der Waals surface area contributed by atoms with Gasteiger partial charge in [-0.15, -0.1) is 0 Å². The van der Waals surface area contributed by atoms with E-state index < -0.39 is 0 Å². The van der Waals surface area contributed by atoms with E-state index in [9.17, 15) is 9.90 Å². The van der Waals surface area contributed by atoms with Crippen LogP contribution >= 0.6 is 0 Å². The summed E-state index contributed by atoms with van der Waals surface area (Å²) in [5.41, 5.74) is 1.91. The van der Waals surface area contributed by atoms with Gasteiger partial charge in [-0.2, -0.15) is 0 Å². The van der Waals surface area contributed by atoms with Crippen LogP contribution < -0.4 is 10.2 Å². The van der Waals surface area contributed by atoms with Gasteiger partial charge >= 0.3 is 6.03 Å². The van der Waals surface area contributed by atoms with Gasteiger partial charge in [0.15, 0.2) is 0 Å². The minimum Gasteiger partial charge on any atom is -0.396 e. The molecule has 24 heavy (non-hydrogen) atoms. The van der Waals surface area contributed by atoms with Crippen LogP contribution in [0.15, 0.2) is 24.3 Å². The Morgan fingerprint density at radius 1 is 1.25 bits per heavy atom. The average molecular weight is 333 g/mol. The number of nitrogens with zero attached hydrogens (tertiary/aromatic N) is 2. The fourth-order valence-electron chi connectivity index (χ4n) is 3.19. The molecule has 134 valence electrons. The fourth-order valence-corrected chi connectivity index (χ4v) is 3.19. The lowest BCUT2D eigenvalue weighted by Crippen LogP contribution is -2.42. The lowest BCUT2D eigenvalue weighted by Gasteiger charge is -2.34. The topological polar surface area (TPSA) is 55.8 Å². The molecule has 1 aromatic rings. The molecule has 0 aromatic heterocycles. The highest BCUT2D eigenvalue weighted by Crippen LogP contribution is 2.27. The molecule has 1 saturated carbocycles. The third kappa shape index (κ3) is 4.63. The minimum atomic E-state index is -0.0631. The van der Waals surface area contributed by atoms with E-state index in [-0.39, 0.29) is 18.7 Å². The molecular formula is C19H31N3O2. The summed E-state index contributed by atoms with van der Waals surface area (Å²) in [5.74, 6) is 0.404. The van der Waals surface area contributed by atoms with Crippen LogP contribution in [0.25, 0.3) is 0 Å². The standard InChI is InChI=1S/C19H31N3O2/c1-14(2)21(3)18-7-5-6-16(12-18)20-19(24)22(4)17-10-8-15(13-23)9-11-17/h5-7,12,14-15,17,23H,8-11,13H2,1-4H3,(H,20,24). The molecule has 1 aliphatic carbocycles. The van der Waals surface area contributed by atoms with Crippen molar-refractivity contribution in [2.45, 2.75) is 51.6 Å². The van der Waals surface area contributed by atoms with Crippen LogP contribution in [0.2, 0.25) is 0 Å². The summed E-state index contributed by atoms with van der Waals surface area (Å²) in [5, 5.41) is 12.2. The van der Waals surface area contributed by atoms with Gasteiger partial charge in [0, 0.05) is 44.2 Å². The predicted molar refractivity (Wildman–Crippen MR) is 99.6 cm³/mol. The lowest BCUT2D eigenvalue weighted by molar-refractivity contribution is 0.139. The lowest BCUT2D eigenvalue weighted by atomic mass is 9.86. The quantitative estimate of drug-likeness (QED) is 0.866. The third-order valence-corrected chi connectivity index (χ3v) is 5.22. The van der Waals surface area contributed by atoms with Gasteiger partial charge < -0.3 is 20.2 Å². The first-order chi connectivity index (χ1) is 11.4. The highest BCUT2D eigenvalue weighted by molar-refractivity contribution is 5.90. The van der Waals surface area contributed by atoms with E-state index in [1.165, 1.54) is 0 Å². The molecule has 2 rings (SSSR count). The normalized spacial score (nSPS) is 20.8. The zero-order valence-corrected chi connectivity index (χ0v) is 15.3. The maximum atomic E-state index is 12.5. The Balaban J connectivity index is 1.95. The summed E-state index contributed by atoms with van der Waals surface area (Å²) >= 11 is 0. The van der Waals surface area contributed by atoms with Crippen LogP contribution in [0.4, 0.5) is 16.2 Å². The van der Waals surface area contributed by atoms with Crippen LogP contribution in [0.5, 0.6) is 0 Å². The molecule has 0 atom stereocenters. The van der Waals surface area contributed by atoms with E-state index >= 15 is 0 Å². The maximum Gasteiger partial charge on any atom is 0.321 e. The zero-order valence-electron chi connectivity index (χ0n) is 15.3. The van der Waals surface area contributed by atoms with E-state index in [0.29, 0.717) is 12.0 Å². The van der Waals surface area contributed by atoms with Crippen molar-refractivity contribution in [2.75, 3.05) is 30.9 Å². The van der Waals surface area contributed by atoms with Crippen LogP contribution in [0.1, 0.15) is 39.5 Å². The summed E-state index contributed by atoms with van der Waals surface area (Å²) in [7, 11) is 3.92. The first-order valence-corrected chi connectivity index (χ1v) is 8.90. The molecule has 0 radical (unpaired) electrons. The summed E-state index contributed by atoms with van der Waals surface area (Å²) in [4.78, 5) is 16.5. The Morgan fingerprint density at radius 3 is 2.50 bits per heavy atom. The SMILES string of the molecule is CC(C)N(C)c1cccc(NC(=O)N(C)C2CCC(CO)CC2)c1. The number of amides is 2. The number of hydrogen-bond donors (Lipinski definition) is 2. The van der Waals surface area contributed by atoms with Crippen molar-refractivity contribution in [1.82, 2.24) is 4.90 Å². The van der Waals surface area contributed by atoms with E-state index in [0.717, 1.165) is 37.1 Å². The summed E-state index contributed by atoms with van der Waals surface area (Å²) in [6.07, 6.45) is 3.91. The van der Waals surface area contributed by atoms with Gasteiger partial charge in [0.25, 0.3) is 0 Å². The third-order valence-electron chi connectivity index (χ3n) is 5.22. The summed E-state index contributed by atoms with van der Waals surface area (Å²) in [6.45, 7) is 4.54. The number of benzene rings is 1. The smallest absolute Gasteiger partial charge is 0.321 e. The molecule has 0 unspecified atom stereocenters. The van der Waals surface area contributed by atoms with Crippen LogP contribution in [0, 0.1) is 5.92 Å². The number of carbonyl (C=O) groups excluding carboxylic acids is 1. The molecule has 0 bridgehead atoms. The number of hydrogen-bond acceptors (Lipinski definition) is 3. The second kappa shape index (κ2) is 8.38. The zero-order chi connectivity index (χ0) is 17.7. The second-order valence-electron chi connectivity index (χ2n) is 7.15. The summed E-state index contributed by atoms with van der Waals surface area (Å²) in [6, 6.07) is 8.55. The highest BCUT2D eigenvalue weighted by Gasteiger charge is 2.26. The van der Waals surface area contributed by atoms with Gasteiger partial charge in [-0.05, 0) is 63.6 Å². The fraction of sp³-hybridized carbons (Fsp3) is 0.632. The molecule has 0 spiro atoms. The Kier molecular flexibility index (Phi) is 6.49. The number of rotatable bonds is 5. The molecule has 0 aliphatic heterocycles. The van der Waals surface area contributed by atoms with Gasteiger partial charge in [0.2, 0.25) is 0 Å². The monoisotopic (exact) mass is 333 g/mol. The number of aliphatic hydroxyl groups is 1. The van der Waals surface area contributed by atoms with Crippen LogP contribution in [0.3, 0.4) is 0 Å². The summed E-state index contributed by atoms with van der Waals surface area (Å²) < 4.78 is 0. The number of carbonyl (C=O) groups is 1. The molecule has 0 saturated heterocycles. The molecule has 1 aromatic carbocycles. The van der Waals surface area contributed by atoms with Gasteiger partial charge in [0.1, 0.15) is 0 Å². The van der Waals surface area contributed by atoms with Crippen molar-refractivity contribution < 1.29 is 9.90 Å². The van der Waals surface area contributed by atoms with Crippen molar-refractivity contribution >= 4 is 17.4 Å². The van der Waals surface area contributed by atoms with Crippen molar-refractivity contribution in [3.8, 4) is 0 Å². The van der Waals surface area contributed by atoms with Gasteiger partial charge in [-0.3, -0.25) is 0 Å². The van der Waals surface area contributed by atoms with Crippen LogP contribution in [-0.2, 0) is 0 Å². The number of aliphatic hydroxyl groups excluding tert-OH is 1. The van der Waals surface area contributed by atoms with Gasteiger partial charge in [0.05, 0.1) is 0 Å². The first kappa shape index (κ1) is 18.6. The number of urea groups is 1. The molecule has 1 fully saturated rings. The Hall–Kier alpha value is -1.75. The van der Waals surface area contributed by atoms with E-state index in [4.69, 9.17) is 0 Å². The molecule has 2 N–H and O–H groups in total. The largest absolute Gasteiger partial charge is 0.396 e. The van der Waals surface area contributed by atoms with E-state index in [1.807, 2.05) is 30.1 Å². The molecular weight excluding hydrogens is 302 g/mol.